The molecular formula is C16H21FN2S. The van der Waals surface area contributed by atoms with E-state index in [1.54, 1.807) is 23.5 Å². The first-order valence-corrected chi connectivity index (χ1v) is 7.71. The molecule has 4 heteroatoms. The molecule has 2 aromatic rings. The summed E-state index contributed by atoms with van der Waals surface area (Å²) in [6.07, 6.45) is 0.867. The lowest BCUT2D eigenvalue weighted by Gasteiger charge is -2.20. The van der Waals surface area contributed by atoms with Crippen molar-refractivity contribution in [2.45, 2.75) is 46.2 Å². The van der Waals surface area contributed by atoms with Crippen LogP contribution in [0.15, 0.2) is 24.3 Å². The van der Waals surface area contributed by atoms with Crippen LogP contribution in [-0.2, 0) is 13.0 Å². The molecule has 0 aliphatic rings. The number of hydrogen-bond acceptors (Lipinski definition) is 3. The van der Waals surface area contributed by atoms with Gasteiger partial charge in [0.2, 0.25) is 0 Å². The molecule has 0 spiro atoms. The maximum absolute atomic E-state index is 13.8. The van der Waals surface area contributed by atoms with Crippen molar-refractivity contribution in [1.82, 2.24) is 10.3 Å². The minimum atomic E-state index is -0.209. The Balaban J connectivity index is 2.29. The van der Waals surface area contributed by atoms with E-state index in [2.05, 4.69) is 38.0 Å². The molecule has 2 rings (SSSR count). The number of rotatable bonds is 4. The SMILES string of the molecule is CCc1nc(-c2ccccc2F)sc1CNC(C)(C)C. The Kier molecular flexibility index (Phi) is 4.55. The van der Waals surface area contributed by atoms with Gasteiger partial charge in [-0.3, -0.25) is 0 Å². The maximum atomic E-state index is 13.8. The van der Waals surface area contributed by atoms with Crippen molar-refractivity contribution in [3.05, 3.63) is 40.7 Å². The van der Waals surface area contributed by atoms with Crippen LogP contribution in [0.2, 0.25) is 0 Å². The van der Waals surface area contributed by atoms with E-state index >= 15 is 0 Å². The largest absolute Gasteiger partial charge is 0.307 e. The molecule has 1 heterocycles. The number of nitrogens with one attached hydrogen (secondary N) is 1. The van der Waals surface area contributed by atoms with E-state index in [1.807, 2.05) is 6.07 Å². The molecule has 0 bridgehead atoms. The van der Waals surface area contributed by atoms with Crippen LogP contribution >= 0.6 is 11.3 Å². The van der Waals surface area contributed by atoms with E-state index < -0.39 is 0 Å². The van der Waals surface area contributed by atoms with E-state index in [9.17, 15) is 4.39 Å². The molecule has 20 heavy (non-hydrogen) atoms. The van der Waals surface area contributed by atoms with Gasteiger partial charge in [-0.25, -0.2) is 9.37 Å². The Labute approximate surface area is 124 Å². The summed E-state index contributed by atoms with van der Waals surface area (Å²) in [6, 6.07) is 6.82. The number of halogens is 1. The number of aryl methyl sites for hydroxylation is 1. The zero-order valence-corrected chi connectivity index (χ0v) is 13.3. The van der Waals surface area contributed by atoms with E-state index in [0.29, 0.717) is 5.56 Å². The summed E-state index contributed by atoms with van der Waals surface area (Å²) in [6.45, 7) is 9.27. The highest BCUT2D eigenvalue weighted by molar-refractivity contribution is 7.15. The normalized spacial score (nSPS) is 11.8. The van der Waals surface area contributed by atoms with Crippen LogP contribution in [0.3, 0.4) is 0 Å². The van der Waals surface area contributed by atoms with Crippen LogP contribution in [0.5, 0.6) is 0 Å². The van der Waals surface area contributed by atoms with Gasteiger partial charge < -0.3 is 5.32 Å². The maximum Gasteiger partial charge on any atom is 0.133 e. The number of nitrogens with zero attached hydrogens (tertiary/aromatic N) is 1. The molecule has 1 aromatic carbocycles. The fraction of sp³-hybridized carbons (Fsp3) is 0.438. The van der Waals surface area contributed by atoms with E-state index in [-0.39, 0.29) is 11.4 Å². The first-order valence-electron chi connectivity index (χ1n) is 6.89. The quantitative estimate of drug-likeness (QED) is 0.903. The molecule has 0 saturated heterocycles. The fourth-order valence-corrected chi connectivity index (χ4v) is 3.01. The monoisotopic (exact) mass is 292 g/mol. The second kappa shape index (κ2) is 6.02. The molecule has 0 aliphatic heterocycles. The number of hydrogen-bond donors (Lipinski definition) is 1. The van der Waals surface area contributed by atoms with Crippen molar-refractivity contribution >= 4 is 11.3 Å². The molecule has 0 unspecified atom stereocenters. The van der Waals surface area contributed by atoms with E-state index in [1.165, 1.54) is 10.9 Å². The Morgan fingerprint density at radius 2 is 1.95 bits per heavy atom. The number of benzene rings is 1. The average Bonchev–Trinajstić information content (AvgIpc) is 2.79. The highest BCUT2D eigenvalue weighted by Gasteiger charge is 2.16. The molecule has 0 radical (unpaired) electrons. The highest BCUT2D eigenvalue weighted by Crippen LogP contribution is 2.30. The minimum Gasteiger partial charge on any atom is -0.307 e. The van der Waals surface area contributed by atoms with Crippen molar-refractivity contribution in [3.8, 4) is 10.6 Å². The molecule has 1 aromatic heterocycles. The summed E-state index contributed by atoms with van der Waals surface area (Å²) >= 11 is 1.58. The van der Waals surface area contributed by atoms with E-state index in [4.69, 9.17) is 0 Å². The Hall–Kier alpha value is -1.26. The van der Waals surface area contributed by atoms with E-state index in [0.717, 1.165) is 23.7 Å². The van der Waals surface area contributed by atoms with Crippen LogP contribution in [0.25, 0.3) is 10.6 Å². The fourth-order valence-electron chi connectivity index (χ4n) is 1.89. The van der Waals surface area contributed by atoms with Crippen LogP contribution in [-0.4, -0.2) is 10.5 Å². The predicted octanol–water partition coefficient (Wildman–Crippen LogP) is 4.40. The van der Waals surface area contributed by atoms with Crippen molar-refractivity contribution in [1.29, 1.82) is 0 Å². The first kappa shape index (κ1) is 15.1. The summed E-state index contributed by atoms with van der Waals surface area (Å²) in [5.41, 5.74) is 1.71. The highest BCUT2D eigenvalue weighted by atomic mass is 32.1. The van der Waals surface area contributed by atoms with Crippen LogP contribution in [0.4, 0.5) is 4.39 Å². The first-order chi connectivity index (χ1) is 9.40. The molecule has 0 amide bonds. The lowest BCUT2D eigenvalue weighted by atomic mass is 10.1. The van der Waals surface area contributed by atoms with Gasteiger partial charge in [-0.2, -0.15) is 0 Å². The third-order valence-corrected chi connectivity index (χ3v) is 4.13. The molecule has 108 valence electrons. The zero-order valence-electron chi connectivity index (χ0n) is 12.5. The third-order valence-electron chi connectivity index (χ3n) is 3.00. The predicted molar refractivity (Wildman–Crippen MR) is 83.5 cm³/mol. The molecular weight excluding hydrogens is 271 g/mol. The molecule has 1 N–H and O–H groups in total. The van der Waals surface area contributed by atoms with Crippen molar-refractivity contribution < 1.29 is 4.39 Å². The Morgan fingerprint density at radius 3 is 2.55 bits per heavy atom. The molecule has 0 aliphatic carbocycles. The summed E-state index contributed by atoms with van der Waals surface area (Å²) in [5, 5.41) is 4.24. The van der Waals surface area contributed by atoms with Crippen molar-refractivity contribution in [3.63, 3.8) is 0 Å². The standard InChI is InChI=1S/C16H21FN2S/c1-5-13-14(10-18-16(2,3)4)20-15(19-13)11-8-6-7-9-12(11)17/h6-9,18H,5,10H2,1-4H3. The Bertz CT molecular complexity index is 584. The van der Waals surface area contributed by atoms with Gasteiger partial charge in [0.15, 0.2) is 0 Å². The summed E-state index contributed by atoms with van der Waals surface area (Å²) < 4.78 is 13.8. The molecule has 0 fully saturated rings. The Morgan fingerprint density at radius 1 is 1.25 bits per heavy atom. The summed E-state index contributed by atoms with van der Waals surface area (Å²) in [4.78, 5) is 5.79. The van der Waals surface area contributed by atoms with Gasteiger partial charge in [0.1, 0.15) is 10.8 Å². The second-order valence-electron chi connectivity index (χ2n) is 5.83. The average molecular weight is 292 g/mol. The minimum absolute atomic E-state index is 0.0627. The van der Waals surface area contributed by atoms with Gasteiger partial charge in [-0.15, -0.1) is 11.3 Å². The summed E-state index contributed by atoms with van der Waals surface area (Å²) in [5.74, 6) is -0.209. The van der Waals surface area contributed by atoms with Crippen molar-refractivity contribution in [2.75, 3.05) is 0 Å². The molecule has 0 saturated carbocycles. The van der Waals surface area contributed by atoms with Gasteiger partial charge in [0.25, 0.3) is 0 Å². The zero-order chi connectivity index (χ0) is 14.8. The third kappa shape index (κ3) is 3.64. The van der Waals surface area contributed by atoms with Gasteiger partial charge in [-0.05, 0) is 39.3 Å². The lowest BCUT2D eigenvalue weighted by Crippen LogP contribution is -2.35. The van der Waals surface area contributed by atoms with Crippen LogP contribution in [0, 0.1) is 5.82 Å². The van der Waals surface area contributed by atoms with Gasteiger partial charge >= 0.3 is 0 Å². The van der Waals surface area contributed by atoms with Crippen LogP contribution in [0.1, 0.15) is 38.3 Å². The topological polar surface area (TPSA) is 24.9 Å². The lowest BCUT2D eigenvalue weighted by molar-refractivity contribution is 0.425. The molecule has 0 atom stereocenters. The number of thiazole rings is 1. The van der Waals surface area contributed by atoms with Gasteiger partial charge in [-0.1, -0.05) is 19.1 Å². The smallest absolute Gasteiger partial charge is 0.133 e. The van der Waals surface area contributed by atoms with Gasteiger partial charge in [0.05, 0.1) is 5.69 Å². The van der Waals surface area contributed by atoms with Crippen molar-refractivity contribution in [2.24, 2.45) is 0 Å². The molecule has 2 nitrogen and oxygen atoms in total. The second-order valence-corrected chi connectivity index (χ2v) is 6.91. The number of aromatic nitrogens is 1. The van der Waals surface area contributed by atoms with Gasteiger partial charge in [0, 0.05) is 22.5 Å². The van der Waals surface area contributed by atoms with Crippen LogP contribution < -0.4 is 5.32 Å². The summed E-state index contributed by atoms with van der Waals surface area (Å²) in [7, 11) is 0.